The number of hydrogen-bond acceptors (Lipinski definition) is 6. The van der Waals surface area contributed by atoms with E-state index in [4.69, 9.17) is 11.6 Å². The average Bonchev–Trinajstić information content (AvgIpc) is 3.40. The number of hydrogen-bond donors (Lipinski definition) is 1. The Bertz CT molecular complexity index is 1390. The Morgan fingerprint density at radius 2 is 1.60 bits per heavy atom. The molecule has 4 aliphatic rings. The van der Waals surface area contributed by atoms with Gasteiger partial charge < -0.3 is 20.0 Å². The van der Waals surface area contributed by atoms with Gasteiger partial charge in [-0.25, -0.2) is 4.39 Å². The first-order valence-corrected chi connectivity index (χ1v) is 16.6. The summed E-state index contributed by atoms with van der Waals surface area (Å²) in [5.41, 5.74) is 3.95. The van der Waals surface area contributed by atoms with Gasteiger partial charge in [0.1, 0.15) is 11.9 Å². The first kappa shape index (κ1) is 33.0. The summed E-state index contributed by atoms with van der Waals surface area (Å²) in [6.45, 7) is 17.2. The minimum atomic E-state index is -0.481. The fourth-order valence-electron chi connectivity index (χ4n) is 7.54. The summed E-state index contributed by atoms with van der Waals surface area (Å²) >= 11 is 6.35. The van der Waals surface area contributed by atoms with E-state index in [0.29, 0.717) is 28.1 Å². The van der Waals surface area contributed by atoms with Gasteiger partial charge >= 0.3 is 0 Å². The van der Waals surface area contributed by atoms with Crippen molar-refractivity contribution in [1.82, 2.24) is 15.1 Å². The van der Waals surface area contributed by atoms with Crippen LogP contribution in [0.15, 0.2) is 67.5 Å². The summed E-state index contributed by atoms with van der Waals surface area (Å²) in [5, 5.41) is 13.2. The number of piperazine rings is 1. The van der Waals surface area contributed by atoms with Gasteiger partial charge in [-0.05, 0) is 106 Å². The van der Waals surface area contributed by atoms with Crippen molar-refractivity contribution in [2.24, 2.45) is 5.41 Å². The minimum absolute atomic E-state index is 0.164. The maximum absolute atomic E-state index is 13.2. The SMILES string of the molecule is C=CC(=C)F.CC1N(c2ccc(C#N)c(Cl)c2)CCC12CCN(c1ccc(C(=O)N3CCN(C4CCNCC4)CC3)cc1)CC2. The highest BCUT2D eigenvalue weighted by molar-refractivity contribution is 6.32. The van der Waals surface area contributed by atoms with Crippen molar-refractivity contribution in [1.29, 1.82) is 5.26 Å². The zero-order valence-corrected chi connectivity index (χ0v) is 27.2. The highest BCUT2D eigenvalue weighted by Crippen LogP contribution is 2.47. The zero-order chi connectivity index (χ0) is 32.0. The van der Waals surface area contributed by atoms with Crippen molar-refractivity contribution in [2.75, 3.05) is 68.7 Å². The van der Waals surface area contributed by atoms with E-state index in [1.807, 2.05) is 35.2 Å². The van der Waals surface area contributed by atoms with Crippen molar-refractivity contribution < 1.29 is 9.18 Å². The number of nitrogens with zero attached hydrogens (tertiary/aromatic N) is 5. The van der Waals surface area contributed by atoms with Gasteiger partial charge in [0.05, 0.1) is 10.6 Å². The molecule has 1 N–H and O–H groups in total. The molecule has 2 aromatic rings. The number of anilines is 2. The zero-order valence-electron chi connectivity index (χ0n) is 26.5. The van der Waals surface area contributed by atoms with Crippen molar-refractivity contribution in [2.45, 2.75) is 51.1 Å². The van der Waals surface area contributed by atoms with Crippen molar-refractivity contribution >= 4 is 28.9 Å². The molecule has 240 valence electrons. The third kappa shape index (κ3) is 7.54. The van der Waals surface area contributed by atoms with E-state index in [0.717, 1.165) is 89.1 Å². The summed E-state index contributed by atoms with van der Waals surface area (Å²) in [5.74, 6) is -0.318. The molecule has 4 saturated heterocycles. The van der Waals surface area contributed by atoms with Crippen LogP contribution < -0.4 is 15.1 Å². The molecule has 0 bridgehead atoms. The fraction of sp³-hybridized carbons (Fsp3) is 0.500. The second-order valence-corrected chi connectivity index (χ2v) is 13.2. The number of nitrogens with one attached hydrogen (secondary N) is 1. The third-order valence-corrected chi connectivity index (χ3v) is 10.8. The van der Waals surface area contributed by atoms with Crippen LogP contribution in [0.4, 0.5) is 15.8 Å². The molecule has 1 spiro atoms. The summed E-state index contributed by atoms with van der Waals surface area (Å²) in [4.78, 5) is 22.8. The van der Waals surface area contributed by atoms with E-state index < -0.39 is 5.83 Å². The smallest absolute Gasteiger partial charge is 0.253 e. The van der Waals surface area contributed by atoms with Gasteiger partial charge in [0.25, 0.3) is 5.91 Å². The molecular formula is C36H46ClFN6O. The Morgan fingerprint density at radius 1 is 1.00 bits per heavy atom. The second-order valence-electron chi connectivity index (χ2n) is 12.8. The van der Waals surface area contributed by atoms with E-state index in [-0.39, 0.29) is 5.91 Å². The fourth-order valence-corrected chi connectivity index (χ4v) is 7.76. The van der Waals surface area contributed by atoms with Gasteiger partial charge in [-0.2, -0.15) is 5.26 Å². The molecule has 4 aliphatic heterocycles. The van der Waals surface area contributed by atoms with E-state index in [1.165, 1.54) is 24.9 Å². The predicted molar refractivity (Wildman–Crippen MR) is 182 cm³/mol. The first-order valence-electron chi connectivity index (χ1n) is 16.3. The molecule has 7 nitrogen and oxygen atoms in total. The number of carbonyl (C=O) groups excluding carboxylic acids is 1. The number of halogens is 2. The topological polar surface area (TPSA) is 65.9 Å². The number of nitriles is 1. The number of carbonyl (C=O) groups is 1. The summed E-state index contributed by atoms with van der Waals surface area (Å²) in [6.07, 6.45) is 6.97. The molecule has 6 rings (SSSR count). The number of rotatable bonds is 5. The van der Waals surface area contributed by atoms with E-state index in [2.05, 4.69) is 58.3 Å². The van der Waals surface area contributed by atoms with Gasteiger partial charge in [0.15, 0.2) is 0 Å². The summed E-state index contributed by atoms with van der Waals surface area (Å²) in [7, 11) is 0. The van der Waals surface area contributed by atoms with Gasteiger partial charge in [-0.3, -0.25) is 9.69 Å². The number of amides is 1. The van der Waals surface area contributed by atoms with Crippen molar-refractivity contribution in [3.05, 3.63) is 83.7 Å². The molecule has 9 heteroatoms. The molecule has 2 aromatic carbocycles. The quantitative estimate of drug-likeness (QED) is 0.393. The molecule has 0 aliphatic carbocycles. The Kier molecular flexibility index (Phi) is 10.9. The highest BCUT2D eigenvalue weighted by atomic mass is 35.5. The van der Waals surface area contributed by atoms with E-state index in [9.17, 15) is 14.4 Å². The highest BCUT2D eigenvalue weighted by Gasteiger charge is 2.46. The lowest BCUT2D eigenvalue weighted by atomic mass is 9.73. The number of benzene rings is 2. The lowest BCUT2D eigenvalue weighted by molar-refractivity contribution is 0.0532. The second kappa shape index (κ2) is 14.8. The third-order valence-electron chi connectivity index (χ3n) is 10.5. The Hall–Kier alpha value is -3.38. The molecule has 1 amide bonds. The first-order chi connectivity index (χ1) is 21.7. The molecular weight excluding hydrogens is 587 g/mol. The normalized spacial score (nSPS) is 22.0. The van der Waals surface area contributed by atoms with E-state index >= 15 is 0 Å². The maximum atomic E-state index is 13.2. The molecule has 45 heavy (non-hydrogen) atoms. The Morgan fingerprint density at radius 3 is 2.18 bits per heavy atom. The lowest BCUT2D eigenvalue weighted by Gasteiger charge is -2.44. The van der Waals surface area contributed by atoms with Crippen LogP contribution in [0.2, 0.25) is 5.02 Å². The van der Waals surface area contributed by atoms with Crippen LogP contribution in [0.25, 0.3) is 0 Å². The van der Waals surface area contributed by atoms with Crippen LogP contribution >= 0.6 is 11.6 Å². The maximum Gasteiger partial charge on any atom is 0.253 e. The Labute approximate surface area is 272 Å². The molecule has 4 fully saturated rings. The summed E-state index contributed by atoms with van der Waals surface area (Å²) in [6, 6.07) is 17.4. The molecule has 1 unspecified atom stereocenters. The van der Waals surface area contributed by atoms with Gasteiger partial charge in [0.2, 0.25) is 0 Å². The van der Waals surface area contributed by atoms with Crippen LogP contribution in [0, 0.1) is 16.7 Å². The van der Waals surface area contributed by atoms with Gasteiger partial charge in [-0.15, -0.1) is 0 Å². The van der Waals surface area contributed by atoms with Crippen LogP contribution in [-0.2, 0) is 0 Å². The van der Waals surface area contributed by atoms with Crippen LogP contribution in [0.1, 0.15) is 54.9 Å². The standard InChI is InChI=1S/C32H41ClN6O.C4H5F/c1-24-32(12-17-39(24)29-7-4-26(23-34)30(33)22-29)10-15-36(16-11-32)27-5-2-25(3-6-27)31(40)38-20-18-37(19-21-38)28-8-13-35-14-9-28;1-3-4(2)5/h2-7,22,24,28,35H,8-21H2,1H3;3H,1-2H2. The number of piperidine rings is 2. The lowest BCUT2D eigenvalue weighted by Crippen LogP contribution is -2.53. The van der Waals surface area contributed by atoms with Gasteiger partial charge in [-0.1, -0.05) is 24.8 Å². The molecule has 0 radical (unpaired) electrons. The van der Waals surface area contributed by atoms with Crippen molar-refractivity contribution in [3.63, 3.8) is 0 Å². The average molecular weight is 633 g/mol. The summed E-state index contributed by atoms with van der Waals surface area (Å²) < 4.78 is 11.1. The minimum Gasteiger partial charge on any atom is -0.371 e. The largest absolute Gasteiger partial charge is 0.371 e. The molecule has 0 aromatic heterocycles. The van der Waals surface area contributed by atoms with Crippen molar-refractivity contribution in [3.8, 4) is 6.07 Å². The van der Waals surface area contributed by atoms with Crippen LogP contribution in [0.3, 0.4) is 0 Å². The van der Waals surface area contributed by atoms with Crippen LogP contribution in [0.5, 0.6) is 0 Å². The molecule has 4 heterocycles. The monoisotopic (exact) mass is 632 g/mol. The van der Waals surface area contributed by atoms with Crippen LogP contribution in [-0.4, -0.2) is 86.7 Å². The molecule has 1 atom stereocenters. The Balaban J connectivity index is 0.000000743. The predicted octanol–water partition coefficient (Wildman–Crippen LogP) is 6.26. The van der Waals surface area contributed by atoms with E-state index in [1.54, 1.807) is 0 Å². The van der Waals surface area contributed by atoms with Gasteiger partial charge in [0, 0.05) is 74.8 Å². The molecule has 0 saturated carbocycles. The number of allylic oxidation sites excluding steroid dienone is 2.